The Labute approximate surface area is 143 Å². The molecule has 1 aromatic carbocycles. The molecule has 2 aliphatic rings. The summed E-state index contributed by atoms with van der Waals surface area (Å²) in [7, 11) is 0. The van der Waals surface area contributed by atoms with Crippen LogP contribution in [0.15, 0.2) is 18.2 Å². The Hall–Kier alpha value is -2.28. The Balaban J connectivity index is 1.76. The van der Waals surface area contributed by atoms with Crippen LogP contribution in [0.5, 0.6) is 0 Å². The zero-order valence-electron chi connectivity index (χ0n) is 13.8. The van der Waals surface area contributed by atoms with E-state index < -0.39 is 11.6 Å². The first-order valence-corrected chi connectivity index (χ1v) is 8.52. The molecular formula is C18H19F2N3O2. The van der Waals surface area contributed by atoms with Crippen LogP contribution in [0.4, 0.5) is 8.78 Å². The molecule has 0 saturated heterocycles. The van der Waals surface area contributed by atoms with Gasteiger partial charge in [0.25, 0.3) is 5.91 Å². The van der Waals surface area contributed by atoms with Gasteiger partial charge >= 0.3 is 0 Å². The van der Waals surface area contributed by atoms with Crippen molar-refractivity contribution in [2.24, 2.45) is 5.92 Å². The van der Waals surface area contributed by atoms with Crippen LogP contribution in [0, 0.1) is 17.6 Å². The van der Waals surface area contributed by atoms with E-state index in [1.165, 1.54) is 16.8 Å². The molecule has 1 amide bonds. The van der Waals surface area contributed by atoms with Crippen LogP contribution in [-0.4, -0.2) is 33.4 Å². The molecule has 2 aromatic rings. The minimum absolute atomic E-state index is 0.150. The monoisotopic (exact) mass is 347 g/mol. The standard InChI is InChI=1S/C18H19F2N3O2/c1-2-11(8-24)21-18(25)16-13-6-9-5-12(9)17(13)23(22-16)15-4-3-10(19)7-14(15)20/h3-4,7,9,11-12,24H,2,5-6,8H2,1H3,(H,21,25)/t9-,11+,12-/m1/s1. The van der Waals surface area contributed by atoms with Crippen molar-refractivity contribution in [1.29, 1.82) is 0 Å². The SMILES string of the molecule is CC[C@@H](CO)NC(=O)c1nn(-c2ccc(F)cc2F)c2c1C[C@H]1C[C@@H]21. The fourth-order valence-electron chi connectivity index (χ4n) is 3.67. The number of rotatable bonds is 5. The summed E-state index contributed by atoms with van der Waals surface area (Å²) >= 11 is 0. The molecule has 1 heterocycles. The van der Waals surface area contributed by atoms with Gasteiger partial charge < -0.3 is 10.4 Å². The maximum Gasteiger partial charge on any atom is 0.272 e. The Kier molecular flexibility index (Phi) is 3.83. The summed E-state index contributed by atoms with van der Waals surface area (Å²) in [5.74, 6) is -0.952. The summed E-state index contributed by atoms with van der Waals surface area (Å²) in [5.41, 5.74) is 2.13. The Bertz CT molecular complexity index is 845. The van der Waals surface area contributed by atoms with Gasteiger partial charge in [-0.25, -0.2) is 13.5 Å². The molecule has 7 heteroatoms. The zero-order valence-corrected chi connectivity index (χ0v) is 13.8. The number of amides is 1. The highest BCUT2D eigenvalue weighted by atomic mass is 19.1. The normalized spacial score (nSPS) is 21.6. The van der Waals surface area contributed by atoms with Gasteiger partial charge in [-0.15, -0.1) is 0 Å². The van der Waals surface area contributed by atoms with E-state index in [1.807, 2.05) is 6.92 Å². The fraction of sp³-hybridized carbons (Fsp3) is 0.444. The molecule has 2 aliphatic carbocycles. The maximum absolute atomic E-state index is 14.2. The average Bonchev–Trinajstić information content (AvgIpc) is 3.09. The maximum atomic E-state index is 14.2. The first kappa shape index (κ1) is 16.2. The minimum atomic E-state index is -0.705. The predicted molar refractivity (Wildman–Crippen MR) is 86.7 cm³/mol. The van der Waals surface area contributed by atoms with Crippen LogP contribution in [0.25, 0.3) is 5.69 Å². The number of aliphatic hydroxyl groups is 1. The molecule has 1 aromatic heterocycles. The van der Waals surface area contributed by atoms with E-state index in [9.17, 15) is 18.7 Å². The van der Waals surface area contributed by atoms with Gasteiger partial charge in [0, 0.05) is 17.5 Å². The van der Waals surface area contributed by atoms with Crippen LogP contribution >= 0.6 is 0 Å². The van der Waals surface area contributed by atoms with Crippen LogP contribution < -0.4 is 5.32 Å². The van der Waals surface area contributed by atoms with E-state index in [1.54, 1.807) is 0 Å². The number of halogens is 2. The van der Waals surface area contributed by atoms with Crippen molar-refractivity contribution in [3.05, 3.63) is 46.8 Å². The lowest BCUT2D eigenvalue weighted by Gasteiger charge is -2.13. The van der Waals surface area contributed by atoms with Crippen LogP contribution in [0.1, 0.15) is 47.4 Å². The molecule has 5 nitrogen and oxygen atoms in total. The van der Waals surface area contributed by atoms with E-state index >= 15 is 0 Å². The van der Waals surface area contributed by atoms with Crippen molar-refractivity contribution in [3.8, 4) is 5.69 Å². The lowest BCUT2D eigenvalue weighted by atomic mass is 10.1. The Morgan fingerprint density at radius 2 is 2.28 bits per heavy atom. The van der Waals surface area contributed by atoms with Gasteiger partial charge in [0.15, 0.2) is 11.5 Å². The fourth-order valence-corrected chi connectivity index (χ4v) is 3.67. The van der Waals surface area contributed by atoms with E-state index in [2.05, 4.69) is 10.4 Å². The molecular weight excluding hydrogens is 328 g/mol. The number of benzene rings is 1. The molecule has 132 valence electrons. The molecule has 2 N–H and O–H groups in total. The number of aromatic nitrogens is 2. The van der Waals surface area contributed by atoms with Crippen LogP contribution in [0.3, 0.4) is 0 Å². The number of hydrogen-bond acceptors (Lipinski definition) is 3. The lowest BCUT2D eigenvalue weighted by Crippen LogP contribution is -2.37. The number of fused-ring (bicyclic) bond motifs is 3. The number of carbonyl (C=O) groups excluding carboxylic acids is 1. The number of hydrogen-bond donors (Lipinski definition) is 2. The molecule has 0 bridgehead atoms. The van der Waals surface area contributed by atoms with E-state index in [-0.39, 0.29) is 35.9 Å². The first-order valence-electron chi connectivity index (χ1n) is 8.52. The van der Waals surface area contributed by atoms with E-state index in [0.29, 0.717) is 12.3 Å². The highest BCUT2D eigenvalue weighted by Gasteiger charge is 2.50. The van der Waals surface area contributed by atoms with Gasteiger partial charge in [-0.05, 0) is 37.3 Å². The third-order valence-electron chi connectivity index (χ3n) is 5.16. The summed E-state index contributed by atoms with van der Waals surface area (Å²) < 4.78 is 28.9. The van der Waals surface area contributed by atoms with Crippen molar-refractivity contribution >= 4 is 5.91 Å². The molecule has 3 atom stereocenters. The number of aliphatic hydroxyl groups excluding tert-OH is 1. The van der Waals surface area contributed by atoms with Gasteiger partial charge in [0.1, 0.15) is 11.5 Å². The Morgan fingerprint density at radius 1 is 1.48 bits per heavy atom. The summed E-state index contributed by atoms with van der Waals surface area (Å²) in [6.07, 6.45) is 2.36. The number of nitrogens with one attached hydrogen (secondary N) is 1. The molecule has 0 aliphatic heterocycles. The molecule has 1 saturated carbocycles. The molecule has 0 spiro atoms. The van der Waals surface area contributed by atoms with E-state index in [0.717, 1.165) is 30.2 Å². The Morgan fingerprint density at radius 3 is 2.96 bits per heavy atom. The van der Waals surface area contributed by atoms with E-state index in [4.69, 9.17) is 0 Å². The summed E-state index contributed by atoms with van der Waals surface area (Å²) in [6.45, 7) is 1.72. The third kappa shape index (κ3) is 2.63. The highest BCUT2D eigenvalue weighted by Crippen LogP contribution is 2.57. The largest absolute Gasteiger partial charge is 0.394 e. The number of carbonyl (C=O) groups is 1. The summed E-state index contributed by atoms with van der Waals surface area (Å²) in [5, 5.41) is 16.4. The summed E-state index contributed by atoms with van der Waals surface area (Å²) in [4.78, 5) is 12.6. The number of nitrogens with zero attached hydrogens (tertiary/aromatic N) is 2. The average molecular weight is 347 g/mol. The lowest BCUT2D eigenvalue weighted by molar-refractivity contribution is 0.0908. The topological polar surface area (TPSA) is 67.2 Å². The summed E-state index contributed by atoms with van der Waals surface area (Å²) in [6, 6.07) is 3.01. The second-order valence-corrected chi connectivity index (χ2v) is 6.79. The molecule has 1 fully saturated rings. The van der Waals surface area contributed by atoms with Gasteiger partial charge in [-0.3, -0.25) is 4.79 Å². The molecule has 0 unspecified atom stereocenters. The zero-order chi connectivity index (χ0) is 17.7. The second-order valence-electron chi connectivity index (χ2n) is 6.79. The first-order chi connectivity index (χ1) is 12.0. The van der Waals surface area contributed by atoms with Crippen molar-refractivity contribution in [2.75, 3.05) is 6.61 Å². The van der Waals surface area contributed by atoms with Crippen molar-refractivity contribution in [2.45, 2.75) is 38.1 Å². The van der Waals surface area contributed by atoms with Crippen LogP contribution in [0.2, 0.25) is 0 Å². The van der Waals surface area contributed by atoms with Crippen molar-refractivity contribution < 1.29 is 18.7 Å². The second kappa shape index (κ2) is 5.91. The van der Waals surface area contributed by atoms with Gasteiger partial charge in [0.05, 0.1) is 18.3 Å². The molecule has 0 radical (unpaired) electrons. The molecule has 25 heavy (non-hydrogen) atoms. The van der Waals surface area contributed by atoms with Gasteiger partial charge in [-0.2, -0.15) is 5.10 Å². The third-order valence-corrected chi connectivity index (χ3v) is 5.16. The van der Waals surface area contributed by atoms with Crippen molar-refractivity contribution in [3.63, 3.8) is 0 Å². The molecule has 4 rings (SSSR count). The van der Waals surface area contributed by atoms with Gasteiger partial charge in [-0.1, -0.05) is 6.92 Å². The van der Waals surface area contributed by atoms with Gasteiger partial charge in [0.2, 0.25) is 0 Å². The minimum Gasteiger partial charge on any atom is -0.394 e. The van der Waals surface area contributed by atoms with Crippen LogP contribution in [-0.2, 0) is 6.42 Å². The highest BCUT2D eigenvalue weighted by molar-refractivity contribution is 5.94. The predicted octanol–water partition coefficient (Wildman–Crippen LogP) is 2.31. The quantitative estimate of drug-likeness (QED) is 0.872. The smallest absolute Gasteiger partial charge is 0.272 e. The van der Waals surface area contributed by atoms with Crippen molar-refractivity contribution in [1.82, 2.24) is 15.1 Å².